The lowest BCUT2D eigenvalue weighted by Crippen LogP contribution is -2.19. The van der Waals surface area contributed by atoms with Gasteiger partial charge >= 0.3 is 0 Å². The van der Waals surface area contributed by atoms with Crippen molar-refractivity contribution in [2.45, 2.75) is 31.7 Å². The van der Waals surface area contributed by atoms with Crippen molar-refractivity contribution in [1.29, 1.82) is 0 Å². The van der Waals surface area contributed by atoms with Crippen LogP contribution in [0.1, 0.15) is 37.3 Å². The first-order valence-electron chi connectivity index (χ1n) is 5.93. The predicted octanol–water partition coefficient (Wildman–Crippen LogP) is 2.63. The number of nitrogens with zero attached hydrogens (tertiary/aromatic N) is 1. The van der Waals surface area contributed by atoms with E-state index in [2.05, 4.69) is 0 Å². The summed E-state index contributed by atoms with van der Waals surface area (Å²) in [5.41, 5.74) is 5.74. The van der Waals surface area contributed by atoms with Crippen molar-refractivity contribution in [3.63, 3.8) is 0 Å². The molecule has 0 radical (unpaired) electrons. The molecule has 0 bridgehead atoms. The first kappa shape index (κ1) is 12.8. The van der Waals surface area contributed by atoms with E-state index in [4.69, 9.17) is 5.73 Å². The van der Waals surface area contributed by atoms with E-state index < -0.39 is 22.5 Å². The highest BCUT2D eigenvalue weighted by Gasteiger charge is 2.28. The minimum atomic E-state index is -0.993. The fraction of sp³-hybridized carbons (Fsp3) is 0.500. The fourth-order valence-electron chi connectivity index (χ4n) is 2.54. The third-order valence-corrected chi connectivity index (χ3v) is 3.56. The summed E-state index contributed by atoms with van der Waals surface area (Å²) >= 11 is 0. The molecule has 3 N–H and O–H groups in total. The second kappa shape index (κ2) is 4.89. The maximum Gasteiger partial charge on any atom is 0.272 e. The number of rotatable bonds is 3. The van der Waals surface area contributed by atoms with Crippen molar-refractivity contribution in [1.82, 2.24) is 0 Å². The Morgan fingerprint density at radius 2 is 2.06 bits per heavy atom. The van der Waals surface area contributed by atoms with Gasteiger partial charge in [0.05, 0.1) is 11.0 Å². The topological polar surface area (TPSA) is 89.4 Å². The highest BCUT2D eigenvalue weighted by Crippen LogP contribution is 2.39. The third kappa shape index (κ3) is 2.28. The van der Waals surface area contributed by atoms with Gasteiger partial charge in [-0.3, -0.25) is 10.1 Å². The average molecular weight is 254 g/mol. The smallest absolute Gasteiger partial charge is 0.272 e. The predicted molar refractivity (Wildman–Crippen MR) is 63.6 cm³/mol. The lowest BCUT2D eigenvalue weighted by atomic mass is 9.91. The summed E-state index contributed by atoms with van der Waals surface area (Å²) in [5.74, 6) is -1.41. The summed E-state index contributed by atoms with van der Waals surface area (Å²) < 4.78 is 13.4. The van der Waals surface area contributed by atoms with Gasteiger partial charge in [0, 0.05) is 17.7 Å². The second-order valence-corrected chi connectivity index (χ2v) is 4.69. The molecule has 0 spiro atoms. The van der Waals surface area contributed by atoms with Gasteiger partial charge in [-0.1, -0.05) is 12.8 Å². The highest BCUT2D eigenvalue weighted by atomic mass is 19.1. The van der Waals surface area contributed by atoms with Crippen LogP contribution in [0.4, 0.5) is 10.1 Å². The lowest BCUT2D eigenvalue weighted by molar-refractivity contribution is -0.385. The number of nitro groups is 1. The second-order valence-electron chi connectivity index (χ2n) is 4.69. The van der Waals surface area contributed by atoms with Crippen molar-refractivity contribution in [2.24, 2.45) is 11.7 Å². The van der Waals surface area contributed by atoms with Gasteiger partial charge in [-0.15, -0.1) is 0 Å². The van der Waals surface area contributed by atoms with Gasteiger partial charge in [0.1, 0.15) is 0 Å². The Kier molecular flexibility index (Phi) is 3.47. The third-order valence-electron chi connectivity index (χ3n) is 3.56. The Hall–Kier alpha value is -1.69. The van der Waals surface area contributed by atoms with Crippen LogP contribution in [-0.4, -0.2) is 10.0 Å². The average Bonchev–Trinajstić information content (AvgIpc) is 2.85. The van der Waals surface area contributed by atoms with Crippen molar-refractivity contribution < 1.29 is 14.4 Å². The van der Waals surface area contributed by atoms with Gasteiger partial charge < -0.3 is 10.8 Å². The maximum atomic E-state index is 13.4. The number of phenols is 1. The van der Waals surface area contributed by atoms with E-state index in [-0.39, 0.29) is 17.2 Å². The standard InChI is InChI=1S/C12H15FN2O3/c13-10-6-8(15(17)18)5-9(12(10)16)11(14)7-3-1-2-4-7/h5-7,11,16H,1-4,14H2/t11-/m1/s1. The van der Waals surface area contributed by atoms with E-state index in [0.29, 0.717) is 6.07 Å². The molecule has 1 atom stereocenters. The molecular formula is C12H15FN2O3. The number of nitrogens with two attached hydrogens (primary N) is 1. The Morgan fingerprint density at radius 3 is 2.61 bits per heavy atom. The van der Waals surface area contributed by atoms with Crippen LogP contribution >= 0.6 is 0 Å². The van der Waals surface area contributed by atoms with Crippen LogP contribution in [0.5, 0.6) is 5.75 Å². The van der Waals surface area contributed by atoms with Crippen molar-refractivity contribution in [3.05, 3.63) is 33.6 Å². The van der Waals surface area contributed by atoms with Crippen molar-refractivity contribution in [3.8, 4) is 5.75 Å². The molecule has 1 aromatic carbocycles. The van der Waals surface area contributed by atoms with Gasteiger partial charge in [0.25, 0.3) is 5.69 Å². The summed E-state index contributed by atoms with van der Waals surface area (Å²) in [5, 5.41) is 20.3. The van der Waals surface area contributed by atoms with Crippen LogP contribution in [0.3, 0.4) is 0 Å². The lowest BCUT2D eigenvalue weighted by Gasteiger charge is -2.20. The van der Waals surface area contributed by atoms with Crippen molar-refractivity contribution >= 4 is 5.69 Å². The molecule has 0 aromatic heterocycles. The molecule has 2 rings (SSSR count). The van der Waals surface area contributed by atoms with Crippen LogP contribution in [0.15, 0.2) is 12.1 Å². The molecule has 1 saturated carbocycles. The van der Waals surface area contributed by atoms with Crippen LogP contribution in [-0.2, 0) is 0 Å². The molecule has 0 saturated heterocycles. The number of phenolic OH excluding ortho intramolecular Hbond substituents is 1. The minimum absolute atomic E-state index is 0.133. The molecule has 1 aliphatic carbocycles. The molecule has 5 nitrogen and oxygen atoms in total. The Bertz CT molecular complexity index is 473. The SMILES string of the molecule is N[C@@H](c1cc([N+](=O)[O-])cc(F)c1O)C1CCCC1. The minimum Gasteiger partial charge on any atom is -0.505 e. The molecule has 0 amide bonds. The molecule has 0 unspecified atom stereocenters. The van der Waals surface area contributed by atoms with Crippen LogP contribution < -0.4 is 5.73 Å². The van der Waals surface area contributed by atoms with Crippen LogP contribution in [0, 0.1) is 21.8 Å². The number of benzene rings is 1. The number of nitro benzene ring substituents is 1. The van der Waals surface area contributed by atoms with Gasteiger partial charge in [-0.2, -0.15) is 0 Å². The molecule has 98 valence electrons. The molecule has 18 heavy (non-hydrogen) atoms. The highest BCUT2D eigenvalue weighted by molar-refractivity contribution is 5.46. The Morgan fingerprint density at radius 1 is 1.44 bits per heavy atom. The zero-order valence-electron chi connectivity index (χ0n) is 9.80. The van der Waals surface area contributed by atoms with Gasteiger partial charge in [-0.05, 0) is 18.8 Å². The normalized spacial score (nSPS) is 17.9. The summed E-state index contributed by atoms with van der Waals surface area (Å²) in [6.45, 7) is 0. The Labute approximate surface area is 104 Å². The monoisotopic (exact) mass is 254 g/mol. The van der Waals surface area contributed by atoms with Crippen LogP contribution in [0.25, 0.3) is 0 Å². The number of non-ortho nitro benzene ring substituents is 1. The number of halogens is 1. The van der Waals surface area contributed by atoms with E-state index in [1.54, 1.807) is 0 Å². The molecule has 1 fully saturated rings. The first-order valence-corrected chi connectivity index (χ1v) is 5.93. The molecule has 1 aliphatic rings. The largest absolute Gasteiger partial charge is 0.505 e. The summed E-state index contributed by atoms with van der Waals surface area (Å²) in [4.78, 5) is 9.99. The molecule has 0 heterocycles. The summed E-state index contributed by atoms with van der Waals surface area (Å²) in [6, 6.07) is 1.32. The fourth-order valence-corrected chi connectivity index (χ4v) is 2.54. The molecular weight excluding hydrogens is 239 g/mol. The van der Waals surface area contributed by atoms with Crippen LogP contribution in [0.2, 0.25) is 0 Å². The number of hydrogen-bond donors (Lipinski definition) is 2. The van der Waals surface area contributed by atoms with Crippen molar-refractivity contribution in [2.75, 3.05) is 0 Å². The van der Waals surface area contributed by atoms with Gasteiger partial charge in [0.15, 0.2) is 11.6 Å². The quantitative estimate of drug-likeness (QED) is 0.641. The number of aromatic hydroxyl groups is 1. The molecule has 6 heteroatoms. The van der Waals surface area contributed by atoms with E-state index in [1.165, 1.54) is 6.07 Å². The zero-order chi connectivity index (χ0) is 13.3. The van der Waals surface area contributed by atoms with Gasteiger partial charge in [0.2, 0.25) is 0 Å². The van der Waals surface area contributed by atoms with Gasteiger partial charge in [-0.25, -0.2) is 4.39 Å². The molecule has 1 aromatic rings. The van der Waals surface area contributed by atoms with E-state index in [9.17, 15) is 19.6 Å². The first-order chi connectivity index (χ1) is 8.50. The van der Waals surface area contributed by atoms with E-state index >= 15 is 0 Å². The maximum absolute atomic E-state index is 13.4. The molecule has 0 aliphatic heterocycles. The Balaban J connectivity index is 2.38. The summed E-state index contributed by atoms with van der Waals surface area (Å²) in [6.07, 6.45) is 3.92. The summed E-state index contributed by atoms with van der Waals surface area (Å²) in [7, 11) is 0. The number of hydrogen-bond acceptors (Lipinski definition) is 4. The van der Waals surface area contributed by atoms with E-state index in [1.807, 2.05) is 0 Å². The van der Waals surface area contributed by atoms with E-state index in [0.717, 1.165) is 25.7 Å². The zero-order valence-corrected chi connectivity index (χ0v) is 9.80.